The molecule has 0 aromatic carbocycles. The molecule has 0 aliphatic heterocycles. The van der Waals surface area contributed by atoms with Gasteiger partial charge in [-0.25, -0.2) is 0 Å². The summed E-state index contributed by atoms with van der Waals surface area (Å²) in [7, 11) is 3.21. The number of rotatable bonds is 2. The van der Waals surface area contributed by atoms with Crippen LogP contribution >= 0.6 is 0 Å². The highest BCUT2D eigenvalue weighted by atomic mass is 16.7. The molecule has 0 radical (unpaired) electrons. The van der Waals surface area contributed by atoms with Gasteiger partial charge in [0.25, 0.3) is 0 Å². The molecule has 0 atom stereocenters. The molecule has 3 N–H and O–H groups in total. The van der Waals surface area contributed by atoms with Crippen molar-refractivity contribution in [1.29, 1.82) is 0 Å². The van der Waals surface area contributed by atoms with Crippen molar-refractivity contribution in [1.82, 2.24) is 6.15 Å². The van der Waals surface area contributed by atoms with E-state index in [2.05, 4.69) is 9.47 Å². The molecule has 46 valence electrons. The van der Waals surface area contributed by atoms with Gasteiger partial charge in [-0.05, 0) is 6.92 Å². The van der Waals surface area contributed by atoms with Crippen LogP contribution in [0, 0.1) is 0 Å². The fourth-order valence-corrected chi connectivity index (χ4v) is 0.0962. The maximum atomic E-state index is 4.68. The molecule has 0 saturated heterocycles. The minimum Gasteiger partial charge on any atom is -0.356 e. The van der Waals surface area contributed by atoms with Gasteiger partial charge in [-0.15, -0.1) is 0 Å². The monoisotopic (exact) mass is 107 g/mol. The van der Waals surface area contributed by atoms with Gasteiger partial charge in [0.05, 0.1) is 0 Å². The molecule has 0 fully saturated rings. The fourth-order valence-electron chi connectivity index (χ4n) is 0.0962. The largest absolute Gasteiger partial charge is 0.356 e. The molecule has 0 amide bonds. The quantitative estimate of drug-likeness (QED) is 0.531. The summed E-state index contributed by atoms with van der Waals surface area (Å²) in [6, 6.07) is 0. The number of hydrogen-bond acceptors (Lipinski definition) is 3. The first kappa shape index (κ1) is 9.99. The fraction of sp³-hybridized carbons (Fsp3) is 1.00. The van der Waals surface area contributed by atoms with Gasteiger partial charge in [-0.1, -0.05) is 0 Å². The summed E-state index contributed by atoms with van der Waals surface area (Å²) in [5.41, 5.74) is 0. The van der Waals surface area contributed by atoms with E-state index in [1.807, 2.05) is 6.92 Å². The Morgan fingerprint density at radius 1 is 1.14 bits per heavy atom. The summed E-state index contributed by atoms with van der Waals surface area (Å²) in [6.45, 7) is 1.83. The third kappa shape index (κ3) is 5.88. The Balaban J connectivity index is 0. The maximum Gasteiger partial charge on any atom is 0.154 e. The van der Waals surface area contributed by atoms with Crippen molar-refractivity contribution in [2.24, 2.45) is 0 Å². The van der Waals surface area contributed by atoms with Crippen LogP contribution in [0.1, 0.15) is 6.92 Å². The Labute approximate surface area is 44.2 Å². The van der Waals surface area contributed by atoms with E-state index in [1.165, 1.54) is 0 Å². The first-order valence-electron chi connectivity index (χ1n) is 1.87. The van der Waals surface area contributed by atoms with Crippen molar-refractivity contribution in [2.75, 3.05) is 14.2 Å². The van der Waals surface area contributed by atoms with E-state index in [9.17, 15) is 0 Å². The smallest absolute Gasteiger partial charge is 0.154 e. The summed E-state index contributed by atoms with van der Waals surface area (Å²) in [5.74, 6) is 0. The summed E-state index contributed by atoms with van der Waals surface area (Å²) in [4.78, 5) is 0. The van der Waals surface area contributed by atoms with Crippen LogP contribution in [0.4, 0.5) is 0 Å². The lowest BCUT2D eigenvalue weighted by atomic mass is 10.8. The Morgan fingerprint density at radius 2 is 1.43 bits per heavy atom. The minimum absolute atomic E-state index is 0. The Hall–Kier alpha value is -0.120. The second-order valence-corrected chi connectivity index (χ2v) is 1.04. The van der Waals surface area contributed by atoms with Crippen molar-refractivity contribution in [3.8, 4) is 0 Å². The molecule has 0 spiro atoms. The lowest BCUT2D eigenvalue weighted by Gasteiger charge is -2.03. The van der Waals surface area contributed by atoms with Crippen LogP contribution in [0.3, 0.4) is 0 Å². The second-order valence-electron chi connectivity index (χ2n) is 1.04. The zero-order valence-corrected chi connectivity index (χ0v) is 5.10. The van der Waals surface area contributed by atoms with E-state index in [0.29, 0.717) is 0 Å². The van der Waals surface area contributed by atoms with Gasteiger partial charge >= 0.3 is 0 Å². The SMILES string of the molecule is COC(C)OC.N. The normalized spacial score (nSPS) is 8.57. The van der Waals surface area contributed by atoms with Gasteiger partial charge in [-0.3, -0.25) is 0 Å². The van der Waals surface area contributed by atoms with E-state index < -0.39 is 0 Å². The van der Waals surface area contributed by atoms with Crippen LogP contribution in [0.2, 0.25) is 0 Å². The van der Waals surface area contributed by atoms with E-state index in [1.54, 1.807) is 14.2 Å². The van der Waals surface area contributed by atoms with Crippen LogP contribution < -0.4 is 6.15 Å². The molecule has 0 aliphatic rings. The Kier molecular flexibility index (Phi) is 8.39. The van der Waals surface area contributed by atoms with Gasteiger partial charge in [0.2, 0.25) is 0 Å². The first-order valence-corrected chi connectivity index (χ1v) is 1.87. The zero-order chi connectivity index (χ0) is 4.99. The van der Waals surface area contributed by atoms with Crippen LogP contribution in [0.25, 0.3) is 0 Å². The van der Waals surface area contributed by atoms with Crippen LogP contribution in [-0.4, -0.2) is 20.5 Å². The average Bonchev–Trinajstić information content (AvgIpc) is 1.65. The third-order valence-corrected chi connectivity index (χ3v) is 0.664. The Bertz CT molecular complexity index is 28.9. The molecule has 0 unspecified atom stereocenters. The predicted molar refractivity (Wildman–Crippen MR) is 28.5 cm³/mol. The molecule has 0 aliphatic carbocycles. The molecule has 0 bridgehead atoms. The van der Waals surface area contributed by atoms with Crippen molar-refractivity contribution < 1.29 is 9.47 Å². The van der Waals surface area contributed by atoms with Gasteiger partial charge in [0, 0.05) is 14.2 Å². The molecule has 3 heteroatoms. The van der Waals surface area contributed by atoms with Crippen molar-refractivity contribution in [3.05, 3.63) is 0 Å². The molecule has 0 aromatic rings. The molecule has 0 aromatic heterocycles. The number of ether oxygens (including phenoxy) is 2. The summed E-state index contributed by atoms with van der Waals surface area (Å²) in [6.07, 6.45) is -0.0648. The topological polar surface area (TPSA) is 53.5 Å². The lowest BCUT2D eigenvalue weighted by molar-refractivity contribution is -0.0877. The van der Waals surface area contributed by atoms with Crippen LogP contribution in [0.5, 0.6) is 0 Å². The summed E-state index contributed by atoms with van der Waals surface area (Å²) in [5, 5.41) is 0. The number of hydrogen-bond donors (Lipinski definition) is 1. The minimum atomic E-state index is -0.0648. The highest BCUT2D eigenvalue weighted by molar-refractivity contribution is 4.17. The van der Waals surface area contributed by atoms with E-state index >= 15 is 0 Å². The molecule has 0 saturated carbocycles. The first-order chi connectivity index (χ1) is 2.81. The summed E-state index contributed by atoms with van der Waals surface area (Å²) < 4.78 is 9.35. The molecule has 0 heterocycles. The molecular weight excluding hydrogens is 94.0 g/mol. The van der Waals surface area contributed by atoms with Crippen molar-refractivity contribution >= 4 is 0 Å². The van der Waals surface area contributed by atoms with E-state index in [4.69, 9.17) is 0 Å². The zero-order valence-electron chi connectivity index (χ0n) is 5.10. The average molecular weight is 107 g/mol. The Morgan fingerprint density at radius 3 is 1.43 bits per heavy atom. The summed E-state index contributed by atoms with van der Waals surface area (Å²) >= 11 is 0. The highest BCUT2D eigenvalue weighted by Gasteiger charge is 1.87. The molecule has 0 rings (SSSR count). The standard InChI is InChI=1S/C4H10O2.H3N/c1-4(5-2)6-3;/h4H,1-3H3;1H3. The van der Waals surface area contributed by atoms with E-state index in [-0.39, 0.29) is 12.4 Å². The van der Waals surface area contributed by atoms with Gasteiger partial charge < -0.3 is 15.6 Å². The molecular formula is C4H13NO2. The lowest BCUT2D eigenvalue weighted by Crippen LogP contribution is -2.05. The van der Waals surface area contributed by atoms with Crippen molar-refractivity contribution in [2.45, 2.75) is 13.2 Å². The van der Waals surface area contributed by atoms with Gasteiger partial charge in [-0.2, -0.15) is 0 Å². The number of methoxy groups -OCH3 is 2. The van der Waals surface area contributed by atoms with E-state index in [0.717, 1.165) is 0 Å². The van der Waals surface area contributed by atoms with Crippen molar-refractivity contribution in [3.63, 3.8) is 0 Å². The van der Waals surface area contributed by atoms with Gasteiger partial charge in [0.15, 0.2) is 6.29 Å². The van der Waals surface area contributed by atoms with Gasteiger partial charge in [0.1, 0.15) is 0 Å². The molecule has 3 nitrogen and oxygen atoms in total. The van der Waals surface area contributed by atoms with Crippen LogP contribution in [-0.2, 0) is 9.47 Å². The molecule has 7 heavy (non-hydrogen) atoms. The highest BCUT2D eigenvalue weighted by Crippen LogP contribution is 1.82. The maximum absolute atomic E-state index is 4.68. The third-order valence-electron chi connectivity index (χ3n) is 0.664. The predicted octanol–water partition coefficient (Wildman–Crippen LogP) is 0.787. The van der Waals surface area contributed by atoms with Crippen LogP contribution in [0.15, 0.2) is 0 Å². The second kappa shape index (κ2) is 5.88.